The Bertz CT molecular complexity index is 588. The maximum atomic E-state index is 11.7. The van der Waals surface area contributed by atoms with E-state index in [0.717, 1.165) is 11.1 Å². The molecule has 5 heteroatoms. The molecule has 0 atom stereocenters. The molecule has 1 saturated heterocycles. The summed E-state index contributed by atoms with van der Waals surface area (Å²) < 4.78 is 5.19. The molecule has 0 amide bonds. The van der Waals surface area contributed by atoms with Crippen LogP contribution in [0, 0.1) is 0 Å². The van der Waals surface area contributed by atoms with E-state index >= 15 is 0 Å². The van der Waals surface area contributed by atoms with Gasteiger partial charge >= 0.3 is 29.6 Å². The summed E-state index contributed by atoms with van der Waals surface area (Å²) in [6.45, 7) is 1.45. The fourth-order valence-corrected chi connectivity index (χ4v) is 2.69. The van der Waals surface area contributed by atoms with Crippen LogP contribution in [0.3, 0.4) is 0 Å². The second-order valence-electron chi connectivity index (χ2n) is 5.64. The zero-order valence-electron chi connectivity index (χ0n) is 13.3. The van der Waals surface area contributed by atoms with Crippen LogP contribution in [0.15, 0.2) is 60.7 Å². The fraction of sp³-hybridized carbons (Fsp3) is 0.278. The monoisotopic (exact) mass is 319 g/mol. The van der Waals surface area contributed by atoms with Crippen molar-refractivity contribution in [3.8, 4) is 0 Å². The number of carbonyl (C=O) groups is 1. The van der Waals surface area contributed by atoms with Crippen molar-refractivity contribution in [2.75, 3.05) is 13.2 Å². The average molecular weight is 319 g/mol. The number of carboxylic acid groups (broad SMARTS) is 1. The summed E-state index contributed by atoms with van der Waals surface area (Å²) in [6.07, 6.45) is 0. The van der Waals surface area contributed by atoms with Crippen molar-refractivity contribution in [2.24, 2.45) is 0 Å². The number of carbonyl (C=O) groups excluding carboxylic acids is 1. The Kier molecular flexibility index (Phi) is 6.39. The van der Waals surface area contributed by atoms with Crippen molar-refractivity contribution in [1.29, 1.82) is 0 Å². The molecule has 1 heterocycles. The van der Waals surface area contributed by atoms with Crippen molar-refractivity contribution in [3.05, 3.63) is 71.8 Å². The van der Waals surface area contributed by atoms with Gasteiger partial charge in [-0.15, -0.1) is 0 Å². The molecule has 2 aromatic carbocycles. The minimum absolute atomic E-state index is 0. The third-order valence-electron chi connectivity index (χ3n) is 4.10. The zero-order chi connectivity index (χ0) is 15.4. The van der Waals surface area contributed by atoms with Gasteiger partial charge in [0.25, 0.3) is 0 Å². The van der Waals surface area contributed by atoms with Gasteiger partial charge in [-0.1, -0.05) is 60.7 Å². The minimum atomic E-state index is -1.06. The first-order valence-electron chi connectivity index (χ1n) is 7.33. The van der Waals surface area contributed by atoms with Crippen molar-refractivity contribution < 1.29 is 44.2 Å². The quantitative estimate of drug-likeness (QED) is 0.590. The number of rotatable bonds is 6. The number of benzene rings is 2. The average Bonchev–Trinajstić information content (AvgIpc) is 2.47. The molecule has 0 unspecified atom stereocenters. The summed E-state index contributed by atoms with van der Waals surface area (Å²) in [6, 6.07) is 19.7. The van der Waals surface area contributed by atoms with E-state index in [1.54, 1.807) is 0 Å². The first kappa shape index (κ1) is 18.2. The van der Waals surface area contributed by atoms with Crippen LogP contribution in [0.1, 0.15) is 11.1 Å². The SMILES string of the molecule is O=C([O-])C1(N(Cc2ccccc2)Cc2ccccc2)COC1.[Na+]. The van der Waals surface area contributed by atoms with Crippen LogP contribution >= 0.6 is 0 Å². The molecule has 0 radical (unpaired) electrons. The zero-order valence-corrected chi connectivity index (χ0v) is 15.3. The number of aliphatic carboxylic acids is 1. The Morgan fingerprint density at radius 2 is 1.39 bits per heavy atom. The van der Waals surface area contributed by atoms with E-state index in [1.165, 1.54) is 0 Å². The van der Waals surface area contributed by atoms with Gasteiger partial charge in [-0.2, -0.15) is 0 Å². The van der Waals surface area contributed by atoms with Gasteiger partial charge < -0.3 is 14.6 Å². The molecule has 0 saturated carbocycles. The van der Waals surface area contributed by atoms with Crippen LogP contribution in [0.2, 0.25) is 0 Å². The predicted octanol–water partition coefficient (Wildman–Crippen LogP) is -1.79. The van der Waals surface area contributed by atoms with Crippen LogP contribution in [-0.2, 0) is 22.6 Å². The van der Waals surface area contributed by atoms with Crippen molar-refractivity contribution in [1.82, 2.24) is 4.90 Å². The Labute approximate surface area is 158 Å². The van der Waals surface area contributed by atoms with Gasteiger partial charge in [0.05, 0.1) is 19.2 Å². The molecule has 114 valence electrons. The molecule has 3 rings (SSSR count). The minimum Gasteiger partial charge on any atom is -0.548 e. The molecule has 4 nitrogen and oxygen atoms in total. The Morgan fingerprint density at radius 3 is 1.70 bits per heavy atom. The second-order valence-corrected chi connectivity index (χ2v) is 5.64. The normalized spacial score (nSPS) is 15.5. The Balaban J connectivity index is 0.00000192. The van der Waals surface area contributed by atoms with Gasteiger partial charge in [0, 0.05) is 13.1 Å². The molecular weight excluding hydrogens is 301 g/mol. The fourth-order valence-electron chi connectivity index (χ4n) is 2.69. The van der Waals surface area contributed by atoms with Crippen LogP contribution in [0.4, 0.5) is 0 Å². The second kappa shape index (κ2) is 8.08. The molecule has 1 fully saturated rings. The van der Waals surface area contributed by atoms with E-state index in [-0.39, 0.29) is 42.8 Å². The van der Waals surface area contributed by atoms with E-state index in [0.29, 0.717) is 13.1 Å². The predicted molar refractivity (Wildman–Crippen MR) is 80.7 cm³/mol. The Morgan fingerprint density at radius 1 is 0.957 bits per heavy atom. The molecule has 1 aliphatic rings. The Hall–Kier alpha value is -1.17. The van der Waals surface area contributed by atoms with Gasteiger partial charge in [-0.25, -0.2) is 0 Å². The third-order valence-corrected chi connectivity index (χ3v) is 4.10. The molecule has 0 aliphatic carbocycles. The maximum absolute atomic E-state index is 11.7. The van der Waals surface area contributed by atoms with E-state index in [9.17, 15) is 9.90 Å². The number of ether oxygens (including phenoxy) is 1. The van der Waals surface area contributed by atoms with Gasteiger partial charge in [-0.05, 0) is 11.1 Å². The topological polar surface area (TPSA) is 52.6 Å². The first-order chi connectivity index (χ1) is 10.7. The summed E-state index contributed by atoms with van der Waals surface area (Å²) in [5.41, 5.74) is 1.11. The summed E-state index contributed by atoms with van der Waals surface area (Å²) >= 11 is 0. The van der Waals surface area contributed by atoms with Gasteiger partial charge in [0.15, 0.2) is 0 Å². The van der Waals surface area contributed by atoms with Crippen molar-refractivity contribution in [3.63, 3.8) is 0 Å². The van der Waals surface area contributed by atoms with Crippen molar-refractivity contribution >= 4 is 5.97 Å². The molecule has 23 heavy (non-hydrogen) atoms. The standard InChI is InChI=1S/C18H19NO3.Na/c20-17(21)18(13-22-14-18)19(11-15-7-3-1-4-8-15)12-16-9-5-2-6-10-16;/h1-10H,11-14H2,(H,20,21);/q;+1/p-1. The summed E-state index contributed by atoms with van der Waals surface area (Å²) in [5.74, 6) is -1.06. The van der Waals surface area contributed by atoms with E-state index in [1.807, 2.05) is 65.6 Å². The number of carboxylic acids is 1. The van der Waals surface area contributed by atoms with Crippen LogP contribution in [-0.4, -0.2) is 29.6 Å². The van der Waals surface area contributed by atoms with Gasteiger partial charge in [-0.3, -0.25) is 4.90 Å². The smallest absolute Gasteiger partial charge is 0.548 e. The van der Waals surface area contributed by atoms with Gasteiger partial charge in [0.1, 0.15) is 5.54 Å². The third kappa shape index (κ3) is 4.03. The number of hydrogen-bond donors (Lipinski definition) is 0. The van der Waals surface area contributed by atoms with E-state index < -0.39 is 11.5 Å². The van der Waals surface area contributed by atoms with Crippen LogP contribution in [0.25, 0.3) is 0 Å². The molecule has 0 aromatic heterocycles. The number of hydrogen-bond acceptors (Lipinski definition) is 4. The number of nitrogens with zero attached hydrogens (tertiary/aromatic N) is 1. The van der Waals surface area contributed by atoms with Crippen LogP contribution in [0.5, 0.6) is 0 Å². The van der Waals surface area contributed by atoms with E-state index in [2.05, 4.69) is 0 Å². The summed E-state index contributed by atoms with van der Waals surface area (Å²) in [5, 5.41) is 11.7. The van der Waals surface area contributed by atoms with Crippen molar-refractivity contribution in [2.45, 2.75) is 18.6 Å². The molecule has 2 aromatic rings. The van der Waals surface area contributed by atoms with Crippen LogP contribution < -0.4 is 34.7 Å². The van der Waals surface area contributed by atoms with E-state index in [4.69, 9.17) is 4.74 Å². The molecule has 1 aliphatic heterocycles. The molecule has 0 bridgehead atoms. The first-order valence-corrected chi connectivity index (χ1v) is 7.33. The summed E-state index contributed by atoms with van der Waals surface area (Å²) in [7, 11) is 0. The summed E-state index contributed by atoms with van der Waals surface area (Å²) in [4.78, 5) is 13.6. The van der Waals surface area contributed by atoms with Gasteiger partial charge in [0.2, 0.25) is 0 Å². The molecule has 0 N–H and O–H groups in total. The maximum Gasteiger partial charge on any atom is 1.00 e. The molecule has 0 spiro atoms. The molecular formula is C18H18NNaO3. The largest absolute Gasteiger partial charge is 1.00 e.